The summed E-state index contributed by atoms with van der Waals surface area (Å²) in [6.07, 6.45) is 10.0. The smallest absolute Gasteiger partial charge is 0.365 e. The fraction of sp³-hybridized carbons (Fsp3) is 0.488. The Balaban J connectivity index is -0.0000000949. The molecule has 18 radical (unpaired) electrons. The van der Waals surface area contributed by atoms with Crippen LogP contribution in [0.1, 0.15) is 58.3 Å². The summed E-state index contributed by atoms with van der Waals surface area (Å²) in [5, 5.41) is 79.4. The van der Waals surface area contributed by atoms with Gasteiger partial charge in [0.25, 0.3) is 5.79 Å². The summed E-state index contributed by atoms with van der Waals surface area (Å²) >= 11 is 0. The molecule has 56 heavy (non-hydrogen) atoms. The maximum absolute atomic E-state index is 11.6. The molecule has 0 aromatic heterocycles. The zero-order valence-corrected chi connectivity index (χ0v) is 33.7. The van der Waals surface area contributed by atoms with Crippen LogP contribution < -0.4 is 4.74 Å². The lowest BCUT2D eigenvalue weighted by Gasteiger charge is -2.31. The van der Waals surface area contributed by atoms with Crippen molar-refractivity contribution in [3.8, 4) is 5.75 Å². The summed E-state index contributed by atoms with van der Waals surface area (Å²) in [4.78, 5) is 33.3. The zero-order chi connectivity index (χ0) is 45.7. The summed E-state index contributed by atoms with van der Waals surface area (Å²) in [5.41, 5.74) is 0. The van der Waals surface area contributed by atoms with Gasteiger partial charge in [-0.1, -0.05) is 76.8 Å². The molecular formula is C41H68O15. The van der Waals surface area contributed by atoms with Crippen LogP contribution in [-0.4, -0.2) is 83.8 Å². The average molecular weight is 801 g/mol. The van der Waals surface area contributed by atoms with Gasteiger partial charge in [-0.05, 0) is 80.9 Å². The van der Waals surface area contributed by atoms with E-state index in [-0.39, 0.29) is 66.1 Å². The summed E-state index contributed by atoms with van der Waals surface area (Å²) in [5.74, 6) is -2.35. The number of hydrogen-bond donors (Lipinski definition) is 0. The molecule has 0 bridgehead atoms. The molecule has 0 saturated carbocycles. The van der Waals surface area contributed by atoms with Crippen LogP contribution in [0.4, 0.5) is 0 Å². The largest absolute Gasteiger partial charge is 0.455 e. The van der Waals surface area contributed by atoms with Crippen LogP contribution >= 0.6 is 0 Å². The molecule has 0 aliphatic rings. The van der Waals surface area contributed by atoms with E-state index in [1.54, 1.807) is 24.3 Å². The molecule has 15 heteroatoms. The SMILES string of the molecule is C=CC(=O)OCC(CCCCCCCCC)(OOC(=O)C=C)Oc1ccccc1.[CH2]C[O].[CH2]C[O].[CH2]C[O].[CH2]C[O].[CH2]C[O].[CH2]C[O].[CH2]C[O].[CH2]C[O].[CH2]C[O]. The first-order valence-corrected chi connectivity index (χ1v) is 17.2. The minimum absolute atomic E-state index is 0.250. The highest BCUT2D eigenvalue weighted by Crippen LogP contribution is 2.27. The van der Waals surface area contributed by atoms with Crippen molar-refractivity contribution in [3.63, 3.8) is 0 Å². The van der Waals surface area contributed by atoms with Crippen molar-refractivity contribution < 1.29 is 74.8 Å². The van der Waals surface area contributed by atoms with Crippen molar-refractivity contribution in [2.45, 2.75) is 64.1 Å². The van der Waals surface area contributed by atoms with E-state index in [2.05, 4.69) is 82.4 Å². The minimum Gasteiger partial charge on any atom is -0.455 e. The van der Waals surface area contributed by atoms with Gasteiger partial charge in [0.1, 0.15) is 5.75 Å². The van der Waals surface area contributed by atoms with E-state index in [1.165, 1.54) is 19.3 Å². The molecule has 0 heterocycles. The number of carbonyl (C=O) groups is 2. The van der Waals surface area contributed by atoms with Crippen LogP contribution in [0.2, 0.25) is 0 Å². The molecular weight excluding hydrogens is 732 g/mol. The van der Waals surface area contributed by atoms with Gasteiger partial charge in [0.2, 0.25) is 0 Å². The van der Waals surface area contributed by atoms with E-state index in [1.807, 2.05) is 6.07 Å². The quantitative estimate of drug-likeness (QED) is 0.0407. The van der Waals surface area contributed by atoms with Gasteiger partial charge < -0.3 is 9.47 Å². The third kappa shape index (κ3) is 98.4. The van der Waals surface area contributed by atoms with E-state index in [4.69, 9.17) is 65.2 Å². The van der Waals surface area contributed by atoms with Crippen LogP contribution in [0.15, 0.2) is 55.6 Å². The lowest BCUT2D eigenvalue weighted by Crippen LogP contribution is -2.45. The van der Waals surface area contributed by atoms with Crippen LogP contribution in [0, 0.1) is 62.3 Å². The molecule has 1 atom stereocenters. The molecule has 0 N–H and O–H groups in total. The molecule has 0 fully saturated rings. The Kier molecular flexibility index (Phi) is 106. The predicted molar refractivity (Wildman–Crippen MR) is 209 cm³/mol. The highest BCUT2D eigenvalue weighted by molar-refractivity contribution is 5.81. The van der Waals surface area contributed by atoms with Crippen molar-refractivity contribution in [2.75, 3.05) is 66.1 Å². The predicted octanol–water partition coefficient (Wildman–Crippen LogP) is 7.55. The highest BCUT2D eigenvalue weighted by Gasteiger charge is 2.38. The highest BCUT2D eigenvalue weighted by atomic mass is 17.2. The van der Waals surface area contributed by atoms with Gasteiger partial charge in [-0.2, -0.15) is 0 Å². The fourth-order valence-electron chi connectivity index (χ4n) is 2.68. The van der Waals surface area contributed by atoms with Crippen LogP contribution in [0.5, 0.6) is 5.75 Å². The Bertz CT molecular complexity index is 731. The van der Waals surface area contributed by atoms with Crippen LogP contribution in [0.25, 0.3) is 0 Å². The Morgan fingerprint density at radius 2 is 0.857 bits per heavy atom. The first kappa shape index (κ1) is 74.1. The third-order valence-electron chi connectivity index (χ3n) is 4.25. The molecule has 0 aliphatic carbocycles. The lowest BCUT2D eigenvalue weighted by atomic mass is 10.0. The van der Waals surface area contributed by atoms with Crippen molar-refractivity contribution in [1.29, 1.82) is 0 Å². The molecule has 15 nitrogen and oxygen atoms in total. The van der Waals surface area contributed by atoms with Crippen molar-refractivity contribution >= 4 is 11.9 Å². The van der Waals surface area contributed by atoms with Crippen molar-refractivity contribution in [2.24, 2.45) is 0 Å². The number of esters is 1. The normalized spacial score (nSPS) is 9.34. The standard InChI is InChI=1S/C23H32O6.9C2H4O/c1-4-7-8-9-10-11-15-18-23(19-26-21(24)5-2,29-28-22(25)6-3)27-20-16-13-12-14-17-20;9*1-2-3/h5-6,12-14,16-17H,2-4,7-11,15,18-19H2,1H3;9*1-2H2. The number of carbonyl (C=O) groups excluding carboxylic acids is 2. The van der Waals surface area contributed by atoms with Gasteiger partial charge in [0.05, 0.1) is 59.5 Å². The Morgan fingerprint density at radius 3 is 1.18 bits per heavy atom. The average Bonchev–Trinajstić information content (AvgIpc) is 3.16. The van der Waals surface area contributed by atoms with E-state index < -0.39 is 17.7 Å². The second-order valence-electron chi connectivity index (χ2n) is 8.54. The van der Waals surface area contributed by atoms with Gasteiger partial charge >= 0.3 is 11.9 Å². The maximum Gasteiger partial charge on any atom is 0.365 e. The number of hydrogen-bond acceptors (Lipinski definition) is 6. The van der Waals surface area contributed by atoms with E-state index >= 15 is 0 Å². The lowest BCUT2D eigenvalue weighted by molar-refractivity contribution is -0.390. The first-order valence-electron chi connectivity index (χ1n) is 17.2. The van der Waals surface area contributed by atoms with Crippen molar-refractivity contribution in [1.82, 2.24) is 0 Å². The Hall–Kier alpha value is -2.96. The summed E-state index contributed by atoms with van der Waals surface area (Å²) in [6, 6.07) is 8.95. The van der Waals surface area contributed by atoms with Gasteiger partial charge in [0.15, 0.2) is 6.61 Å². The Morgan fingerprint density at radius 1 is 0.536 bits per heavy atom. The number of unbranched alkanes of at least 4 members (excludes halogenated alkanes) is 6. The van der Waals surface area contributed by atoms with Gasteiger partial charge in [0, 0.05) is 18.6 Å². The minimum atomic E-state index is -1.47. The molecule has 0 aliphatic heterocycles. The molecule has 1 aromatic rings. The second kappa shape index (κ2) is 80.5. The van der Waals surface area contributed by atoms with Crippen LogP contribution in [-0.2, 0) is 70.1 Å². The van der Waals surface area contributed by atoms with Gasteiger partial charge in [-0.25, -0.2) is 55.5 Å². The maximum atomic E-state index is 11.6. The van der Waals surface area contributed by atoms with Gasteiger partial charge in [-0.3, -0.25) is 4.89 Å². The molecule has 322 valence electrons. The molecule has 1 rings (SSSR count). The molecule has 1 unspecified atom stereocenters. The topological polar surface area (TPSA) is 250 Å². The molecule has 1 aromatic carbocycles. The second-order valence-corrected chi connectivity index (χ2v) is 8.54. The van der Waals surface area contributed by atoms with Gasteiger partial charge in [-0.15, -0.1) is 4.89 Å². The summed E-state index contributed by atoms with van der Waals surface area (Å²) < 4.78 is 11.2. The number of para-hydroxylation sites is 1. The number of benzene rings is 1. The zero-order valence-electron chi connectivity index (χ0n) is 33.7. The van der Waals surface area contributed by atoms with Crippen molar-refractivity contribution in [3.05, 3.63) is 118 Å². The van der Waals surface area contributed by atoms with E-state index in [0.717, 1.165) is 37.8 Å². The Labute approximate surface area is 340 Å². The number of ether oxygens (including phenoxy) is 2. The third-order valence-corrected chi connectivity index (χ3v) is 4.25. The number of rotatable bonds is 16. The molecule has 0 amide bonds. The first-order chi connectivity index (χ1) is 26.8. The van der Waals surface area contributed by atoms with E-state index in [9.17, 15) is 9.59 Å². The van der Waals surface area contributed by atoms with E-state index in [0.29, 0.717) is 12.2 Å². The summed E-state index contributed by atoms with van der Waals surface area (Å²) in [7, 11) is 0. The monoisotopic (exact) mass is 800 g/mol. The molecule has 0 spiro atoms. The fourth-order valence-corrected chi connectivity index (χ4v) is 2.68. The summed E-state index contributed by atoms with van der Waals surface area (Å²) in [6.45, 7) is 32.8. The van der Waals surface area contributed by atoms with Crippen LogP contribution in [0.3, 0.4) is 0 Å². The molecule has 0 saturated heterocycles.